The monoisotopic (exact) mass is 200 g/mol. The first-order chi connectivity index (χ1) is 6.18. The van der Waals surface area contributed by atoms with E-state index in [1.807, 2.05) is 6.92 Å². The standard InChI is InChI=1S/C10H20N2O2/c1-9(2,3)10(4)5-7(11)6-12(10)8(13)14/h7H,5-6,11H2,1-4H3,(H,13,14)/t7-,10-/m1/s1. The normalized spacial score (nSPS) is 33.5. The molecule has 0 aromatic heterocycles. The lowest BCUT2D eigenvalue weighted by molar-refractivity contribution is 0.0443. The van der Waals surface area contributed by atoms with Gasteiger partial charge in [-0.3, -0.25) is 0 Å². The van der Waals surface area contributed by atoms with Crippen LogP contribution in [0.1, 0.15) is 34.1 Å². The van der Waals surface area contributed by atoms with Crippen LogP contribution in [0.4, 0.5) is 4.79 Å². The lowest BCUT2D eigenvalue weighted by atomic mass is 9.73. The fourth-order valence-electron chi connectivity index (χ4n) is 2.12. The minimum absolute atomic E-state index is 0.0321. The number of hydrogen-bond donors (Lipinski definition) is 2. The molecule has 1 heterocycles. The Bertz CT molecular complexity index is 247. The zero-order chi connectivity index (χ0) is 11.1. The van der Waals surface area contributed by atoms with Crippen molar-refractivity contribution in [3.05, 3.63) is 0 Å². The maximum Gasteiger partial charge on any atom is 0.407 e. The highest BCUT2D eigenvalue weighted by Gasteiger charge is 2.50. The molecule has 0 aliphatic carbocycles. The molecule has 0 unspecified atom stereocenters. The van der Waals surface area contributed by atoms with Crippen LogP contribution in [-0.4, -0.2) is 34.2 Å². The summed E-state index contributed by atoms with van der Waals surface area (Å²) in [5.41, 5.74) is 5.40. The highest BCUT2D eigenvalue weighted by molar-refractivity contribution is 5.67. The third-order valence-electron chi connectivity index (χ3n) is 3.52. The molecule has 0 radical (unpaired) electrons. The van der Waals surface area contributed by atoms with E-state index in [4.69, 9.17) is 10.8 Å². The van der Waals surface area contributed by atoms with Gasteiger partial charge in [0, 0.05) is 18.1 Å². The van der Waals surface area contributed by atoms with Crippen molar-refractivity contribution in [2.45, 2.75) is 45.7 Å². The van der Waals surface area contributed by atoms with Crippen molar-refractivity contribution in [1.29, 1.82) is 0 Å². The number of hydrogen-bond acceptors (Lipinski definition) is 2. The molecule has 1 saturated heterocycles. The first-order valence-electron chi connectivity index (χ1n) is 4.94. The Morgan fingerprint density at radius 2 is 2.07 bits per heavy atom. The van der Waals surface area contributed by atoms with Gasteiger partial charge >= 0.3 is 6.09 Å². The Morgan fingerprint density at radius 3 is 2.36 bits per heavy atom. The Morgan fingerprint density at radius 1 is 1.57 bits per heavy atom. The summed E-state index contributed by atoms with van der Waals surface area (Å²) in [4.78, 5) is 12.6. The number of carboxylic acid groups (broad SMARTS) is 1. The summed E-state index contributed by atoms with van der Waals surface area (Å²) in [6, 6.07) is -0.0321. The van der Waals surface area contributed by atoms with Crippen molar-refractivity contribution < 1.29 is 9.90 Å². The summed E-state index contributed by atoms with van der Waals surface area (Å²) in [5.74, 6) is 0. The zero-order valence-electron chi connectivity index (χ0n) is 9.37. The van der Waals surface area contributed by atoms with E-state index in [-0.39, 0.29) is 17.0 Å². The summed E-state index contributed by atoms with van der Waals surface area (Å²) in [6.45, 7) is 8.60. The molecule has 4 heteroatoms. The number of carbonyl (C=O) groups is 1. The fourth-order valence-corrected chi connectivity index (χ4v) is 2.12. The van der Waals surface area contributed by atoms with Gasteiger partial charge in [-0.25, -0.2) is 4.79 Å². The Balaban J connectivity index is 3.01. The van der Waals surface area contributed by atoms with Gasteiger partial charge in [0.1, 0.15) is 0 Å². The van der Waals surface area contributed by atoms with Crippen LogP contribution >= 0.6 is 0 Å². The van der Waals surface area contributed by atoms with Crippen LogP contribution in [0.25, 0.3) is 0 Å². The van der Waals surface area contributed by atoms with Gasteiger partial charge in [-0.1, -0.05) is 20.8 Å². The quantitative estimate of drug-likeness (QED) is 0.622. The minimum Gasteiger partial charge on any atom is -0.465 e. The third kappa shape index (κ3) is 1.59. The van der Waals surface area contributed by atoms with E-state index in [9.17, 15) is 4.79 Å². The van der Waals surface area contributed by atoms with Crippen LogP contribution in [0.15, 0.2) is 0 Å². The van der Waals surface area contributed by atoms with Gasteiger partial charge in [-0.05, 0) is 18.8 Å². The second-order valence-electron chi connectivity index (χ2n) is 5.38. The second-order valence-corrected chi connectivity index (χ2v) is 5.38. The topological polar surface area (TPSA) is 66.6 Å². The summed E-state index contributed by atoms with van der Waals surface area (Å²) in [5, 5.41) is 9.10. The van der Waals surface area contributed by atoms with E-state index in [1.165, 1.54) is 4.90 Å². The molecule has 0 saturated carbocycles. The Kier molecular flexibility index (Phi) is 2.52. The van der Waals surface area contributed by atoms with E-state index < -0.39 is 6.09 Å². The van der Waals surface area contributed by atoms with Crippen LogP contribution in [0.5, 0.6) is 0 Å². The van der Waals surface area contributed by atoms with E-state index in [0.29, 0.717) is 6.54 Å². The van der Waals surface area contributed by atoms with Crippen LogP contribution < -0.4 is 5.73 Å². The van der Waals surface area contributed by atoms with Crippen LogP contribution in [0.3, 0.4) is 0 Å². The average Bonchev–Trinajstić information content (AvgIpc) is 2.25. The molecule has 4 nitrogen and oxygen atoms in total. The molecule has 3 N–H and O–H groups in total. The predicted molar refractivity (Wildman–Crippen MR) is 55.2 cm³/mol. The highest BCUT2D eigenvalue weighted by atomic mass is 16.4. The largest absolute Gasteiger partial charge is 0.465 e. The Labute approximate surface area is 85.1 Å². The molecule has 14 heavy (non-hydrogen) atoms. The van der Waals surface area contributed by atoms with Crippen molar-refractivity contribution in [2.24, 2.45) is 11.1 Å². The van der Waals surface area contributed by atoms with Crippen LogP contribution in [0.2, 0.25) is 0 Å². The average molecular weight is 200 g/mol. The molecule has 0 bridgehead atoms. The van der Waals surface area contributed by atoms with E-state index in [0.717, 1.165) is 6.42 Å². The zero-order valence-corrected chi connectivity index (χ0v) is 9.37. The van der Waals surface area contributed by atoms with Crippen molar-refractivity contribution in [2.75, 3.05) is 6.54 Å². The maximum atomic E-state index is 11.1. The van der Waals surface area contributed by atoms with Crippen molar-refractivity contribution in [1.82, 2.24) is 4.90 Å². The number of likely N-dealkylation sites (tertiary alicyclic amines) is 1. The molecule has 1 rings (SSSR count). The molecule has 0 aromatic carbocycles. The first kappa shape index (κ1) is 11.3. The van der Waals surface area contributed by atoms with E-state index in [2.05, 4.69) is 20.8 Å². The smallest absolute Gasteiger partial charge is 0.407 e. The van der Waals surface area contributed by atoms with Crippen LogP contribution in [0, 0.1) is 5.41 Å². The second kappa shape index (κ2) is 3.12. The number of amides is 1. The number of nitrogens with two attached hydrogens (primary N) is 1. The summed E-state index contributed by atoms with van der Waals surface area (Å²) >= 11 is 0. The van der Waals surface area contributed by atoms with E-state index in [1.54, 1.807) is 0 Å². The van der Waals surface area contributed by atoms with Gasteiger partial charge < -0.3 is 15.7 Å². The number of rotatable bonds is 0. The summed E-state index contributed by atoms with van der Waals surface area (Å²) in [7, 11) is 0. The van der Waals surface area contributed by atoms with Gasteiger partial charge in [0.15, 0.2) is 0 Å². The lowest BCUT2D eigenvalue weighted by Gasteiger charge is -2.44. The van der Waals surface area contributed by atoms with Crippen LogP contribution in [-0.2, 0) is 0 Å². The van der Waals surface area contributed by atoms with Gasteiger partial charge in [-0.15, -0.1) is 0 Å². The molecule has 0 aromatic rings. The minimum atomic E-state index is -0.865. The SMILES string of the molecule is CC(C)(C)[C@@]1(C)C[C@@H](N)CN1C(=O)O. The molecule has 1 amide bonds. The maximum absolute atomic E-state index is 11.1. The third-order valence-corrected chi connectivity index (χ3v) is 3.52. The molecule has 1 fully saturated rings. The summed E-state index contributed by atoms with van der Waals surface area (Å²) in [6.07, 6.45) is -0.127. The highest BCUT2D eigenvalue weighted by Crippen LogP contribution is 2.42. The fraction of sp³-hybridized carbons (Fsp3) is 0.900. The molecule has 1 aliphatic heterocycles. The molecule has 1 aliphatic rings. The number of nitrogens with zero attached hydrogens (tertiary/aromatic N) is 1. The molecular weight excluding hydrogens is 180 g/mol. The molecular formula is C10H20N2O2. The van der Waals surface area contributed by atoms with Crippen molar-refractivity contribution >= 4 is 6.09 Å². The Hall–Kier alpha value is -0.770. The molecule has 2 atom stereocenters. The van der Waals surface area contributed by atoms with E-state index >= 15 is 0 Å². The van der Waals surface area contributed by atoms with Gasteiger partial charge in [0.2, 0.25) is 0 Å². The van der Waals surface area contributed by atoms with Gasteiger partial charge in [-0.2, -0.15) is 0 Å². The lowest BCUT2D eigenvalue weighted by Crippen LogP contribution is -2.52. The van der Waals surface area contributed by atoms with Gasteiger partial charge in [0.05, 0.1) is 0 Å². The van der Waals surface area contributed by atoms with Crippen molar-refractivity contribution in [3.63, 3.8) is 0 Å². The first-order valence-corrected chi connectivity index (χ1v) is 4.94. The molecule has 0 spiro atoms. The summed E-state index contributed by atoms with van der Waals surface area (Å²) < 4.78 is 0. The molecule has 82 valence electrons. The van der Waals surface area contributed by atoms with Crippen molar-refractivity contribution in [3.8, 4) is 0 Å². The van der Waals surface area contributed by atoms with Gasteiger partial charge in [0.25, 0.3) is 0 Å². The predicted octanol–water partition coefficient (Wildman–Crippen LogP) is 1.50.